The average molecular weight is 168 g/mol. The first-order valence-electron chi connectivity index (χ1n) is 3.15. The highest BCUT2D eigenvalue weighted by atomic mass is 35.5. The SMILES string of the molecule is CN1CC(Cl)CC(Cl)C1. The molecule has 0 aromatic heterocycles. The maximum atomic E-state index is 5.88. The van der Waals surface area contributed by atoms with Crippen molar-refractivity contribution in [1.29, 1.82) is 0 Å². The topological polar surface area (TPSA) is 3.24 Å². The summed E-state index contributed by atoms with van der Waals surface area (Å²) in [6.45, 7) is 1.95. The summed E-state index contributed by atoms with van der Waals surface area (Å²) in [5.41, 5.74) is 0. The first-order chi connectivity index (χ1) is 4.18. The van der Waals surface area contributed by atoms with E-state index in [1.165, 1.54) is 0 Å². The highest BCUT2D eigenvalue weighted by Crippen LogP contribution is 2.17. The molecule has 0 bridgehead atoms. The van der Waals surface area contributed by atoms with Crippen LogP contribution in [0.3, 0.4) is 0 Å². The number of halogens is 2. The Kier molecular flexibility index (Phi) is 2.62. The third-order valence-corrected chi connectivity index (χ3v) is 2.16. The van der Waals surface area contributed by atoms with E-state index < -0.39 is 0 Å². The van der Waals surface area contributed by atoms with Crippen molar-refractivity contribution in [1.82, 2.24) is 4.90 Å². The lowest BCUT2D eigenvalue weighted by Gasteiger charge is -2.29. The Morgan fingerprint density at radius 1 is 1.22 bits per heavy atom. The number of piperidine rings is 1. The summed E-state index contributed by atoms with van der Waals surface area (Å²) in [5.74, 6) is 0. The van der Waals surface area contributed by atoms with Gasteiger partial charge in [0, 0.05) is 23.8 Å². The van der Waals surface area contributed by atoms with E-state index >= 15 is 0 Å². The van der Waals surface area contributed by atoms with E-state index in [-0.39, 0.29) is 10.8 Å². The molecule has 1 nitrogen and oxygen atoms in total. The van der Waals surface area contributed by atoms with Gasteiger partial charge in [0.15, 0.2) is 0 Å². The van der Waals surface area contributed by atoms with E-state index in [1.54, 1.807) is 0 Å². The van der Waals surface area contributed by atoms with Crippen LogP contribution in [-0.2, 0) is 0 Å². The van der Waals surface area contributed by atoms with Crippen LogP contribution >= 0.6 is 23.2 Å². The van der Waals surface area contributed by atoms with Gasteiger partial charge in [-0.05, 0) is 13.5 Å². The predicted molar refractivity (Wildman–Crippen MR) is 41.4 cm³/mol. The molecule has 0 aliphatic carbocycles. The number of nitrogens with zero attached hydrogens (tertiary/aromatic N) is 1. The van der Waals surface area contributed by atoms with E-state index in [4.69, 9.17) is 23.2 Å². The van der Waals surface area contributed by atoms with Crippen molar-refractivity contribution in [3.63, 3.8) is 0 Å². The molecule has 1 saturated heterocycles. The third kappa shape index (κ3) is 2.32. The molecule has 0 radical (unpaired) electrons. The fourth-order valence-corrected chi connectivity index (χ4v) is 2.17. The van der Waals surface area contributed by atoms with Gasteiger partial charge in [0.1, 0.15) is 0 Å². The van der Waals surface area contributed by atoms with Crippen molar-refractivity contribution in [2.45, 2.75) is 17.2 Å². The van der Waals surface area contributed by atoms with Gasteiger partial charge in [0.05, 0.1) is 0 Å². The summed E-state index contributed by atoms with van der Waals surface area (Å²) in [5, 5.41) is 0.512. The molecule has 1 aliphatic heterocycles. The average Bonchev–Trinajstić information content (AvgIpc) is 1.59. The predicted octanol–water partition coefficient (Wildman–Crippen LogP) is 1.54. The molecule has 1 rings (SSSR count). The quantitative estimate of drug-likeness (QED) is 0.496. The van der Waals surface area contributed by atoms with Gasteiger partial charge in [-0.3, -0.25) is 0 Å². The summed E-state index contributed by atoms with van der Waals surface area (Å²) in [4.78, 5) is 2.17. The van der Waals surface area contributed by atoms with Crippen LogP contribution in [0.15, 0.2) is 0 Å². The molecule has 9 heavy (non-hydrogen) atoms. The maximum absolute atomic E-state index is 5.88. The van der Waals surface area contributed by atoms with E-state index in [9.17, 15) is 0 Å². The summed E-state index contributed by atoms with van der Waals surface area (Å²) in [6, 6.07) is 0. The summed E-state index contributed by atoms with van der Waals surface area (Å²) in [6.07, 6.45) is 0.952. The lowest BCUT2D eigenvalue weighted by atomic mass is 10.1. The van der Waals surface area contributed by atoms with E-state index in [0.29, 0.717) is 0 Å². The second-order valence-corrected chi connectivity index (χ2v) is 3.89. The summed E-state index contributed by atoms with van der Waals surface area (Å²) in [7, 11) is 2.05. The van der Waals surface area contributed by atoms with Gasteiger partial charge < -0.3 is 4.90 Å². The molecule has 2 atom stereocenters. The van der Waals surface area contributed by atoms with Crippen LogP contribution in [0, 0.1) is 0 Å². The lowest BCUT2D eigenvalue weighted by Crippen LogP contribution is -2.38. The van der Waals surface area contributed by atoms with Crippen molar-refractivity contribution in [2.24, 2.45) is 0 Å². The molecular formula is C6H11Cl2N. The van der Waals surface area contributed by atoms with Gasteiger partial charge in [-0.1, -0.05) is 0 Å². The highest BCUT2D eigenvalue weighted by Gasteiger charge is 2.21. The van der Waals surface area contributed by atoms with Gasteiger partial charge >= 0.3 is 0 Å². The number of rotatable bonds is 0. The van der Waals surface area contributed by atoms with Crippen LogP contribution < -0.4 is 0 Å². The third-order valence-electron chi connectivity index (χ3n) is 1.53. The van der Waals surface area contributed by atoms with Crippen LogP contribution in [0.4, 0.5) is 0 Å². The zero-order valence-electron chi connectivity index (χ0n) is 5.48. The van der Waals surface area contributed by atoms with Gasteiger partial charge in [-0.25, -0.2) is 0 Å². The minimum atomic E-state index is 0.256. The first kappa shape index (κ1) is 7.64. The molecule has 2 unspecified atom stereocenters. The van der Waals surface area contributed by atoms with E-state index in [2.05, 4.69) is 4.90 Å². The van der Waals surface area contributed by atoms with Crippen LogP contribution in [0.1, 0.15) is 6.42 Å². The van der Waals surface area contributed by atoms with Gasteiger partial charge in [-0.15, -0.1) is 23.2 Å². The second kappa shape index (κ2) is 3.09. The number of hydrogen-bond acceptors (Lipinski definition) is 1. The molecule has 1 heterocycles. The Bertz CT molecular complexity index is 72.0. The van der Waals surface area contributed by atoms with Crippen molar-refractivity contribution in [3.05, 3.63) is 0 Å². The molecule has 0 spiro atoms. The van der Waals surface area contributed by atoms with Crippen LogP contribution in [-0.4, -0.2) is 35.8 Å². The molecule has 0 amide bonds. The molecule has 1 fully saturated rings. The molecule has 3 heteroatoms. The van der Waals surface area contributed by atoms with Crippen molar-refractivity contribution in [3.8, 4) is 0 Å². The monoisotopic (exact) mass is 167 g/mol. The van der Waals surface area contributed by atoms with Gasteiger partial charge in [0.25, 0.3) is 0 Å². The Morgan fingerprint density at radius 3 is 2.00 bits per heavy atom. The van der Waals surface area contributed by atoms with Crippen LogP contribution in [0.2, 0.25) is 0 Å². The second-order valence-electron chi connectivity index (χ2n) is 2.65. The minimum absolute atomic E-state index is 0.256. The number of hydrogen-bond donors (Lipinski definition) is 0. The summed E-state index contributed by atoms with van der Waals surface area (Å²) >= 11 is 11.8. The Labute approximate surface area is 65.9 Å². The fraction of sp³-hybridized carbons (Fsp3) is 1.00. The normalized spacial score (nSPS) is 39.0. The van der Waals surface area contributed by atoms with Crippen molar-refractivity contribution in [2.75, 3.05) is 20.1 Å². The Balaban J connectivity index is 2.34. The Morgan fingerprint density at radius 2 is 1.67 bits per heavy atom. The standard InChI is InChI=1S/C6H11Cl2N/c1-9-3-5(7)2-6(8)4-9/h5-6H,2-4H2,1H3. The van der Waals surface area contributed by atoms with Gasteiger partial charge in [-0.2, -0.15) is 0 Å². The molecular weight excluding hydrogens is 157 g/mol. The van der Waals surface area contributed by atoms with Crippen LogP contribution in [0.5, 0.6) is 0 Å². The number of alkyl halides is 2. The Hall–Kier alpha value is 0.540. The molecule has 0 aromatic rings. The molecule has 54 valence electrons. The van der Waals surface area contributed by atoms with Crippen LogP contribution in [0.25, 0.3) is 0 Å². The summed E-state index contributed by atoms with van der Waals surface area (Å²) < 4.78 is 0. The molecule has 0 saturated carbocycles. The number of likely N-dealkylation sites (tertiary alicyclic amines) is 1. The van der Waals surface area contributed by atoms with E-state index in [0.717, 1.165) is 19.5 Å². The molecule has 0 N–H and O–H groups in total. The van der Waals surface area contributed by atoms with Gasteiger partial charge in [0.2, 0.25) is 0 Å². The fourth-order valence-electron chi connectivity index (χ4n) is 1.18. The molecule has 1 aliphatic rings. The smallest absolute Gasteiger partial charge is 0.0477 e. The lowest BCUT2D eigenvalue weighted by molar-refractivity contribution is 0.284. The first-order valence-corrected chi connectivity index (χ1v) is 4.02. The maximum Gasteiger partial charge on any atom is 0.0477 e. The molecule has 0 aromatic carbocycles. The zero-order valence-corrected chi connectivity index (χ0v) is 6.99. The van der Waals surface area contributed by atoms with Crippen molar-refractivity contribution >= 4 is 23.2 Å². The van der Waals surface area contributed by atoms with Crippen molar-refractivity contribution < 1.29 is 0 Å². The minimum Gasteiger partial charge on any atom is -0.303 e. The highest BCUT2D eigenvalue weighted by molar-refractivity contribution is 6.24. The van der Waals surface area contributed by atoms with E-state index in [1.807, 2.05) is 7.05 Å². The largest absolute Gasteiger partial charge is 0.303 e. The zero-order chi connectivity index (χ0) is 6.85.